The Hall–Kier alpha value is -16.2. The normalized spacial score (nSPS) is 12.1. The number of nitrogens with zero attached hydrogens (tertiary/aromatic N) is 8. The van der Waals surface area contributed by atoms with Crippen molar-refractivity contribution in [1.29, 1.82) is 0 Å². The number of aromatic nitrogens is 8. The summed E-state index contributed by atoms with van der Waals surface area (Å²) >= 11 is 5.59. The standard InChI is InChI=1S/C44H25N3OS.C40H23N3OS.C29H16N2OS/c1-3-13-26(14-4-1)40-32-25-28(23-24-33(32)45-44(46-40)27-15-5-2-6-16-27)47-34-20-10-7-17-29(34)39-41(47)42-37(30-18-8-11-21-35(30)48-42)38-31-19-9-12-22-36(31)49-43(38)39;1-3-13-24(14-4-1)29-23-33(42-40(41-29)25-15-5-2-6-16-25)43-30-20-10-7-17-26(30)36-37(43)38-34(27-18-8-11-21-31(27)44-38)35-28-19-9-12-22-32(28)45-39(35)36;1-4-12-21-18(9-1)26-27(31(21)17-8-7-15-30-16-17)28-24(19-10-2-5-13-22(19)32-28)25-20-11-3-6-14-23(20)33-29(25)26/h1-25H;1-23H;1-16H. The van der Waals surface area contributed by atoms with Gasteiger partial charge < -0.3 is 22.4 Å². The van der Waals surface area contributed by atoms with Crippen molar-refractivity contribution in [3.05, 3.63) is 389 Å². The number of furan rings is 3. The molecule has 127 heavy (non-hydrogen) atoms. The monoisotopic (exact) mass is 1680 g/mol. The molecule has 29 aromatic rings. The number of pyridine rings is 1. The van der Waals surface area contributed by atoms with E-state index in [-0.39, 0.29) is 0 Å². The fourth-order valence-electron chi connectivity index (χ4n) is 19.9. The zero-order chi connectivity index (χ0) is 83.1. The summed E-state index contributed by atoms with van der Waals surface area (Å²) in [5, 5.41) is 22.8. The molecule has 0 saturated heterocycles. The Morgan fingerprint density at radius 1 is 0.244 bits per heavy atom. The number of para-hydroxylation sites is 6. The molecule has 12 aromatic heterocycles. The Kier molecular flexibility index (Phi) is 15.8. The molecular formula is C113H64N8O3S3. The first-order valence-electron chi connectivity index (χ1n) is 42.4. The number of hydrogen-bond donors (Lipinski definition) is 0. The predicted molar refractivity (Wildman–Crippen MR) is 531 cm³/mol. The van der Waals surface area contributed by atoms with Crippen LogP contribution in [0.5, 0.6) is 0 Å². The van der Waals surface area contributed by atoms with Crippen LogP contribution in [0, 0.1) is 0 Å². The fraction of sp³-hybridized carbons (Fsp3) is 0. The zero-order valence-corrected chi connectivity index (χ0v) is 69.9. The van der Waals surface area contributed by atoms with Gasteiger partial charge in [-0.05, 0) is 84.9 Å². The van der Waals surface area contributed by atoms with Gasteiger partial charge in [0.2, 0.25) is 0 Å². The van der Waals surface area contributed by atoms with Crippen LogP contribution in [0.3, 0.4) is 0 Å². The second kappa shape index (κ2) is 28.2. The molecule has 0 aliphatic heterocycles. The van der Waals surface area contributed by atoms with Gasteiger partial charge in [0.25, 0.3) is 0 Å². The topological polar surface area (TPSA) is 119 Å². The van der Waals surface area contributed by atoms with Crippen LogP contribution in [0.25, 0.3) is 265 Å². The van der Waals surface area contributed by atoms with Crippen LogP contribution in [-0.2, 0) is 0 Å². The smallest absolute Gasteiger partial charge is 0.162 e. The number of thiophene rings is 3. The largest absolute Gasteiger partial charge is 0.454 e. The SMILES string of the molecule is c1ccc(-c2cc(-n3c4ccccc4c4c5sc6ccccc6c5c5c6ccccc6oc5c43)nc(-c3ccccc3)n2)cc1.c1ccc(-c2nc(-c3ccccc3)c3cc(-n4c5ccccc5c5c6sc7ccccc7c6c6c7ccccc7oc6c54)ccc3n2)cc1.c1cncc(-n2c3ccccc3c3c4sc5ccccc5c4c4c5ccccc5oc4c32)c1. The van der Waals surface area contributed by atoms with E-state index >= 15 is 0 Å². The molecule has 0 saturated carbocycles. The molecule has 0 spiro atoms. The van der Waals surface area contributed by atoms with E-state index in [1.807, 2.05) is 113 Å². The Labute approximate surface area is 734 Å². The van der Waals surface area contributed by atoms with Crippen LogP contribution in [0.4, 0.5) is 0 Å². The van der Waals surface area contributed by atoms with Crippen molar-refractivity contribution in [1.82, 2.24) is 38.6 Å². The van der Waals surface area contributed by atoms with Gasteiger partial charge in [0.15, 0.2) is 28.4 Å². The molecule has 12 heterocycles. The third-order valence-corrected chi connectivity index (χ3v) is 28.8. The minimum absolute atomic E-state index is 0.682. The average molecular weight is 1680 g/mol. The lowest BCUT2D eigenvalue weighted by Crippen LogP contribution is -2.02. The van der Waals surface area contributed by atoms with Gasteiger partial charge in [-0.25, -0.2) is 19.9 Å². The van der Waals surface area contributed by atoms with E-state index in [0.717, 1.165) is 150 Å². The molecule has 0 amide bonds. The molecular weight excluding hydrogens is 1610 g/mol. The van der Waals surface area contributed by atoms with Crippen molar-refractivity contribution in [2.75, 3.05) is 0 Å². The van der Waals surface area contributed by atoms with Crippen LogP contribution in [0.2, 0.25) is 0 Å². The number of rotatable bonds is 7. The van der Waals surface area contributed by atoms with Crippen molar-refractivity contribution in [3.8, 4) is 62.5 Å². The van der Waals surface area contributed by atoms with Crippen molar-refractivity contribution in [2.45, 2.75) is 0 Å². The van der Waals surface area contributed by atoms with Gasteiger partial charge in [-0.1, -0.05) is 285 Å². The molecule has 0 radical (unpaired) electrons. The van der Waals surface area contributed by atoms with Crippen molar-refractivity contribution in [2.24, 2.45) is 0 Å². The molecule has 592 valence electrons. The summed E-state index contributed by atoms with van der Waals surface area (Å²) in [5.41, 5.74) is 20.8. The summed E-state index contributed by atoms with van der Waals surface area (Å²) in [6, 6.07) is 131. The maximum absolute atomic E-state index is 6.89. The molecule has 0 bridgehead atoms. The number of fused-ring (bicyclic) bond motifs is 37. The van der Waals surface area contributed by atoms with E-state index in [4.69, 9.17) is 33.2 Å². The lowest BCUT2D eigenvalue weighted by Gasteiger charge is -2.13. The first-order chi connectivity index (χ1) is 63.0. The van der Waals surface area contributed by atoms with E-state index in [1.165, 1.54) is 104 Å². The maximum atomic E-state index is 6.89. The molecule has 0 aliphatic carbocycles. The zero-order valence-electron chi connectivity index (χ0n) is 67.5. The van der Waals surface area contributed by atoms with E-state index in [1.54, 1.807) is 0 Å². The molecule has 0 aliphatic rings. The number of benzene rings is 17. The van der Waals surface area contributed by atoms with Gasteiger partial charge in [-0.3, -0.25) is 9.55 Å². The lowest BCUT2D eigenvalue weighted by molar-refractivity contribution is 0.671. The third kappa shape index (κ3) is 10.8. The summed E-state index contributed by atoms with van der Waals surface area (Å²) < 4.78 is 35.1. The van der Waals surface area contributed by atoms with Crippen LogP contribution in [0.15, 0.2) is 402 Å². The Bertz CT molecular complexity index is 9560. The summed E-state index contributed by atoms with van der Waals surface area (Å²) in [6.45, 7) is 0. The summed E-state index contributed by atoms with van der Waals surface area (Å²) in [5.74, 6) is 2.20. The van der Waals surface area contributed by atoms with Crippen LogP contribution in [-0.4, -0.2) is 38.6 Å². The maximum Gasteiger partial charge on any atom is 0.162 e. The lowest BCUT2D eigenvalue weighted by atomic mass is 10.0. The molecule has 0 N–H and O–H groups in total. The highest BCUT2D eigenvalue weighted by atomic mass is 32.1. The molecule has 0 fully saturated rings. The van der Waals surface area contributed by atoms with Gasteiger partial charge in [0.05, 0.1) is 56.4 Å². The molecule has 17 aromatic carbocycles. The van der Waals surface area contributed by atoms with Gasteiger partial charge >= 0.3 is 0 Å². The summed E-state index contributed by atoms with van der Waals surface area (Å²) in [6.07, 6.45) is 3.74. The highest BCUT2D eigenvalue weighted by molar-refractivity contribution is 7.28. The molecule has 11 nitrogen and oxygen atoms in total. The highest BCUT2D eigenvalue weighted by Crippen LogP contribution is 2.55. The van der Waals surface area contributed by atoms with Gasteiger partial charge in [0.1, 0.15) is 28.1 Å². The Morgan fingerprint density at radius 3 is 1.06 bits per heavy atom. The second-order valence-corrected chi connectivity index (χ2v) is 35.4. The van der Waals surface area contributed by atoms with Crippen molar-refractivity contribution in [3.63, 3.8) is 0 Å². The van der Waals surface area contributed by atoms with Gasteiger partial charge in [-0.2, -0.15) is 0 Å². The summed E-state index contributed by atoms with van der Waals surface area (Å²) in [7, 11) is 0. The Morgan fingerprint density at radius 2 is 0.614 bits per heavy atom. The van der Waals surface area contributed by atoms with Crippen molar-refractivity contribution < 1.29 is 13.3 Å². The first kappa shape index (κ1) is 71.4. The van der Waals surface area contributed by atoms with E-state index in [2.05, 4.69) is 328 Å². The quantitative estimate of drug-likeness (QED) is 0.155. The first-order valence-corrected chi connectivity index (χ1v) is 44.9. The van der Waals surface area contributed by atoms with Crippen LogP contribution in [0.1, 0.15) is 0 Å². The van der Waals surface area contributed by atoms with Crippen LogP contribution >= 0.6 is 34.0 Å². The van der Waals surface area contributed by atoms with Gasteiger partial charge in [-0.15, -0.1) is 34.0 Å². The van der Waals surface area contributed by atoms with E-state index in [9.17, 15) is 0 Å². The molecule has 0 unspecified atom stereocenters. The minimum atomic E-state index is 0.682. The molecule has 0 atom stereocenters. The van der Waals surface area contributed by atoms with Gasteiger partial charge in [0, 0.05) is 171 Å². The van der Waals surface area contributed by atoms with Crippen molar-refractivity contribution >= 4 is 237 Å². The van der Waals surface area contributed by atoms with E-state index < -0.39 is 0 Å². The minimum Gasteiger partial charge on any atom is -0.454 e. The average Bonchev–Trinajstić information content (AvgIpc) is 1.54. The summed E-state index contributed by atoms with van der Waals surface area (Å²) in [4.78, 5) is 25.0. The second-order valence-electron chi connectivity index (χ2n) is 32.3. The highest BCUT2D eigenvalue weighted by Gasteiger charge is 2.31. The van der Waals surface area contributed by atoms with Crippen LogP contribution < -0.4 is 0 Å². The predicted octanol–water partition coefficient (Wildman–Crippen LogP) is 31.9. The molecule has 29 rings (SSSR count). The number of hydrogen-bond acceptors (Lipinski definition) is 11. The molecule has 14 heteroatoms. The fourth-order valence-corrected chi connectivity index (χ4v) is 23.7. The third-order valence-electron chi connectivity index (χ3n) is 25.2. The van der Waals surface area contributed by atoms with E-state index in [0.29, 0.717) is 11.6 Å². The Balaban J connectivity index is 0.000000101.